The first kappa shape index (κ1) is 15.3. The summed E-state index contributed by atoms with van der Waals surface area (Å²) >= 11 is 0. The first-order chi connectivity index (χ1) is 10.6. The number of aliphatic hydroxyl groups is 1. The molecule has 2 heterocycles. The summed E-state index contributed by atoms with van der Waals surface area (Å²) in [6.07, 6.45) is 5.98. The molecule has 2 aromatic rings. The van der Waals surface area contributed by atoms with Crippen LogP contribution in [0, 0.1) is 5.92 Å². The highest BCUT2D eigenvalue weighted by molar-refractivity contribution is 5.62. The Morgan fingerprint density at radius 1 is 1.27 bits per heavy atom. The van der Waals surface area contributed by atoms with Crippen LogP contribution in [0.3, 0.4) is 0 Å². The van der Waals surface area contributed by atoms with E-state index in [2.05, 4.69) is 34.3 Å². The summed E-state index contributed by atoms with van der Waals surface area (Å²) in [5.74, 6) is 0.470. The smallest absolute Gasteiger partial charge is 0.0568 e. The van der Waals surface area contributed by atoms with E-state index in [1.807, 2.05) is 31.0 Å². The van der Waals surface area contributed by atoms with E-state index in [1.54, 1.807) is 0 Å². The van der Waals surface area contributed by atoms with Gasteiger partial charge in [-0.05, 0) is 56.0 Å². The average molecular weight is 299 g/mol. The highest BCUT2D eigenvalue weighted by Gasteiger charge is 2.22. The average Bonchev–Trinajstić information content (AvgIpc) is 2.95. The van der Waals surface area contributed by atoms with Gasteiger partial charge in [0.05, 0.1) is 12.3 Å². The van der Waals surface area contributed by atoms with Crippen LogP contribution < -0.4 is 0 Å². The quantitative estimate of drug-likeness (QED) is 0.943. The Kier molecular flexibility index (Phi) is 4.60. The van der Waals surface area contributed by atoms with Gasteiger partial charge in [-0.15, -0.1) is 0 Å². The van der Waals surface area contributed by atoms with E-state index in [9.17, 15) is 5.11 Å². The van der Waals surface area contributed by atoms with Gasteiger partial charge in [-0.2, -0.15) is 5.10 Å². The predicted octanol–water partition coefficient (Wildman–Crippen LogP) is 2.68. The number of likely N-dealkylation sites (tertiary alicyclic amines) is 1. The molecule has 1 aliphatic rings. The molecule has 1 saturated heterocycles. The lowest BCUT2D eigenvalue weighted by molar-refractivity contribution is 0.0695. The van der Waals surface area contributed by atoms with Crippen molar-refractivity contribution in [3.05, 3.63) is 42.2 Å². The number of nitrogens with zero attached hydrogens (tertiary/aromatic N) is 3. The van der Waals surface area contributed by atoms with Crippen LogP contribution in [-0.4, -0.2) is 39.0 Å². The predicted molar refractivity (Wildman–Crippen MR) is 88.3 cm³/mol. The number of benzene rings is 1. The van der Waals surface area contributed by atoms with E-state index in [-0.39, 0.29) is 6.10 Å². The molecule has 3 rings (SSSR count). The van der Waals surface area contributed by atoms with Gasteiger partial charge < -0.3 is 5.11 Å². The minimum Gasteiger partial charge on any atom is -0.393 e. The zero-order valence-electron chi connectivity index (χ0n) is 13.4. The van der Waals surface area contributed by atoms with E-state index in [0.29, 0.717) is 5.92 Å². The highest BCUT2D eigenvalue weighted by atomic mass is 16.3. The van der Waals surface area contributed by atoms with Crippen LogP contribution in [-0.2, 0) is 13.6 Å². The lowest BCUT2D eigenvalue weighted by atomic mass is 9.92. The number of aromatic nitrogens is 2. The first-order valence-corrected chi connectivity index (χ1v) is 8.10. The second-order valence-electron chi connectivity index (χ2n) is 6.46. The summed E-state index contributed by atoms with van der Waals surface area (Å²) in [6.45, 7) is 5.05. The molecule has 1 unspecified atom stereocenters. The zero-order chi connectivity index (χ0) is 15.5. The molecule has 1 aromatic heterocycles. The lowest BCUT2D eigenvalue weighted by Gasteiger charge is -2.33. The van der Waals surface area contributed by atoms with Gasteiger partial charge in [0.2, 0.25) is 0 Å². The molecular weight excluding hydrogens is 274 g/mol. The molecule has 1 aliphatic heterocycles. The Labute approximate surface area is 132 Å². The molecule has 1 aromatic carbocycles. The van der Waals surface area contributed by atoms with E-state index >= 15 is 0 Å². The van der Waals surface area contributed by atoms with E-state index in [0.717, 1.165) is 38.0 Å². The van der Waals surface area contributed by atoms with Gasteiger partial charge in [0.25, 0.3) is 0 Å². The largest absolute Gasteiger partial charge is 0.393 e. The van der Waals surface area contributed by atoms with Gasteiger partial charge in [-0.25, -0.2) is 0 Å². The molecule has 0 spiro atoms. The second-order valence-corrected chi connectivity index (χ2v) is 6.46. The van der Waals surface area contributed by atoms with E-state index in [1.165, 1.54) is 11.1 Å². The Balaban J connectivity index is 1.64. The first-order valence-electron chi connectivity index (χ1n) is 8.10. The van der Waals surface area contributed by atoms with Gasteiger partial charge in [0.15, 0.2) is 0 Å². The lowest BCUT2D eigenvalue weighted by Crippen LogP contribution is -2.36. The van der Waals surface area contributed by atoms with Crippen molar-refractivity contribution >= 4 is 0 Å². The van der Waals surface area contributed by atoms with Crippen molar-refractivity contribution in [1.82, 2.24) is 14.7 Å². The SMILES string of the molecule is CC(O)C1CCN(Cc2cccc(-c3cnn(C)c3)c2)CC1. The molecule has 0 bridgehead atoms. The maximum Gasteiger partial charge on any atom is 0.0568 e. The van der Waals surface area contributed by atoms with Crippen LogP contribution >= 0.6 is 0 Å². The van der Waals surface area contributed by atoms with Crippen LogP contribution in [0.2, 0.25) is 0 Å². The van der Waals surface area contributed by atoms with Crippen LogP contribution in [0.25, 0.3) is 11.1 Å². The van der Waals surface area contributed by atoms with Crippen LogP contribution in [0.4, 0.5) is 0 Å². The Morgan fingerprint density at radius 3 is 2.68 bits per heavy atom. The molecule has 4 heteroatoms. The number of hydrogen-bond donors (Lipinski definition) is 1. The topological polar surface area (TPSA) is 41.3 Å². The number of aliphatic hydroxyl groups excluding tert-OH is 1. The highest BCUT2D eigenvalue weighted by Crippen LogP contribution is 2.24. The molecule has 1 fully saturated rings. The molecule has 22 heavy (non-hydrogen) atoms. The summed E-state index contributed by atoms with van der Waals surface area (Å²) in [4.78, 5) is 2.49. The Bertz CT molecular complexity index is 612. The summed E-state index contributed by atoms with van der Waals surface area (Å²) in [7, 11) is 1.94. The number of aryl methyl sites for hydroxylation is 1. The van der Waals surface area contributed by atoms with Gasteiger partial charge in [-0.3, -0.25) is 9.58 Å². The number of hydrogen-bond acceptors (Lipinski definition) is 3. The zero-order valence-corrected chi connectivity index (χ0v) is 13.4. The van der Waals surface area contributed by atoms with Gasteiger partial charge in [-0.1, -0.05) is 18.2 Å². The minimum absolute atomic E-state index is 0.170. The third-order valence-corrected chi connectivity index (χ3v) is 4.69. The van der Waals surface area contributed by atoms with Crippen molar-refractivity contribution in [3.8, 4) is 11.1 Å². The molecule has 4 nitrogen and oxygen atoms in total. The summed E-state index contributed by atoms with van der Waals surface area (Å²) in [6, 6.07) is 8.72. The summed E-state index contributed by atoms with van der Waals surface area (Å²) in [5, 5.41) is 13.9. The molecular formula is C18H25N3O. The summed E-state index contributed by atoms with van der Waals surface area (Å²) in [5.41, 5.74) is 3.73. The van der Waals surface area contributed by atoms with Crippen LogP contribution in [0.1, 0.15) is 25.3 Å². The number of rotatable bonds is 4. The van der Waals surface area contributed by atoms with Gasteiger partial charge in [0, 0.05) is 25.4 Å². The normalized spacial score (nSPS) is 18.5. The van der Waals surface area contributed by atoms with E-state index in [4.69, 9.17) is 0 Å². The molecule has 0 saturated carbocycles. The van der Waals surface area contributed by atoms with Crippen molar-refractivity contribution in [2.45, 2.75) is 32.4 Å². The van der Waals surface area contributed by atoms with Crippen LogP contribution in [0.5, 0.6) is 0 Å². The molecule has 0 amide bonds. The fourth-order valence-corrected chi connectivity index (χ4v) is 3.27. The van der Waals surface area contributed by atoms with Crippen LogP contribution in [0.15, 0.2) is 36.7 Å². The van der Waals surface area contributed by atoms with E-state index < -0.39 is 0 Å². The maximum absolute atomic E-state index is 9.69. The fourth-order valence-electron chi connectivity index (χ4n) is 3.27. The molecule has 1 atom stereocenters. The molecule has 0 radical (unpaired) electrons. The van der Waals surface area contributed by atoms with Crippen molar-refractivity contribution in [2.24, 2.45) is 13.0 Å². The Morgan fingerprint density at radius 2 is 2.05 bits per heavy atom. The minimum atomic E-state index is -0.170. The molecule has 0 aliphatic carbocycles. The van der Waals surface area contributed by atoms with Crippen molar-refractivity contribution < 1.29 is 5.11 Å². The van der Waals surface area contributed by atoms with Crippen molar-refractivity contribution in [1.29, 1.82) is 0 Å². The molecule has 118 valence electrons. The third-order valence-electron chi connectivity index (χ3n) is 4.69. The van der Waals surface area contributed by atoms with Gasteiger partial charge >= 0.3 is 0 Å². The van der Waals surface area contributed by atoms with Crippen molar-refractivity contribution in [2.75, 3.05) is 13.1 Å². The standard InChI is InChI=1S/C18H25N3O/c1-14(22)16-6-8-21(9-7-16)12-15-4-3-5-17(10-15)18-11-19-20(2)13-18/h3-5,10-11,13-14,16,22H,6-9,12H2,1-2H3. The number of piperidine rings is 1. The Hall–Kier alpha value is -1.65. The monoisotopic (exact) mass is 299 g/mol. The van der Waals surface area contributed by atoms with Gasteiger partial charge in [0.1, 0.15) is 0 Å². The molecule has 1 N–H and O–H groups in total. The third kappa shape index (κ3) is 3.57. The summed E-state index contributed by atoms with van der Waals surface area (Å²) < 4.78 is 1.84. The fraction of sp³-hybridized carbons (Fsp3) is 0.500. The van der Waals surface area contributed by atoms with Crippen molar-refractivity contribution in [3.63, 3.8) is 0 Å². The second kappa shape index (κ2) is 6.63. The maximum atomic E-state index is 9.69.